The van der Waals surface area contributed by atoms with E-state index in [0.29, 0.717) is 12.0 Å². The van der Waals surface area contributed by atoms with Crippen LogP contribution >= 0.6 is 11.8 Å². The number of rotatable bonds is 3. The third-order valence-electron chi connectivity index (χ3n) is 3.34. The molecular weight excluding hydrogens is 192 g/mol. The third-order valence-corrected chi connectivity index (χ3v) is 4.70. The second kappa shape index (κ2) is 5.41. The van der Waals surface area contributed by atoms with Crippen LogP contribution in [0, 0.1) is 11.3 Å². The summed E-state index contributed by atoms with van der Waals surface area (Å²) in [6.07, 6.45) is 5.47. The van der Waals surface area contributed by atoms with Crippen LogP contribution in [-0.4, -0.2) is 22.7 Å². The Morgan fingerprint density at radius 1 is 1.14 bits per heavy atom. The molecule has 1 aliphatic carbocycles. The molecule has 1 saturated carbocycles. The van der Waals surface area contributed by atoms with Crippen LogP contribution in [-0.2, 0) is 0 Å². The molecule has 0 saturated heterocycles. The Labute approximate surface area is 92.7 Å². The van der Waals surface area contributed by atoms with Gasteiger partial charge in [-0.25, -0.2) is 0 Å². The van der Waals surface area contributed by atoms with Gasteiger partial charge in [0.05, 0.1) is 6.61 Å². The quantitative estimate of drug-likeness (QED) is 0.781. The van der Waals surface area contributed by atoms with Gasteiger partial charge in [0.2, 0.25) is 0 Å². The highest BCUT2D eigenvalue weighted by Gasteiger charge is 2.29. The van der Waals surface area contributed by atoms with Crippen LogP contribution in [0.1, 0.15) is 46.5 Å². The fraction of sp³-hybridized carbons (Fsp3) is 1.00. The summed E-state index contributed by atoms with van der Waals surface area (Å²) in [5.74, 6) is 1.83. The van der Waals surface area contributed by atoms with Crippen molar-refractivity contribution in [2.45, 2.75) is 51.7 Å². The zero-order valence-corrected chi connectivity index (χ0v) is 10.6. The molecule has 2 heteroatoms. The molecule has 84 valence electrons. The van der Waals surface area contributed by atoms with Crippen molar-refractivity contribution < 1.29 is 5.11 Å². The molecule has 0 radical (unpaired) electrons. The first-order chi connectivity index (χ1) is 6.54. The van der Waals surface area contributed by atoms with Crippen molar-refractivity contribution in [3.63, 3.8) is 0 Å². The molecule has 1 aliphatic rings. The van der Waals surface area contributed by atoms with E-state index >= 15 is 0 Å². The fourth-order valence-corrected chi connectivity index (χ4v) is 3.36. The molecule has 0 spiro atoms. The summed E-state index contributed by atoms with van der Waals surface area (Å²) in [6, 6.07) is 0. The molecule has 1 fully saturated rings. The lowest BCUT2D eigenvalue weighted by atomic mass is 9.72. The summed E-state index contributed by atoms with van der Waals surface area (Å²) in [4.78, 5) is 0. The lowest BCUT2D eigenvalue weighted by Gasteiger charge is -2.36. The minimum Gasteiger partial charge on any atom is -0.396 e. The van der Waals surface area contributed by atoms with Crippen molar-refractivity contribution >= 4 is 11.8 Å². The summed E-state index contributed by atoms with van der Waals surface area (Å²) in [5.41, 5.74) is 0.493. The van der Waals surface area contributed by atoms with Gasteiger partial charge in [0.1, 0.15) is 0 Å². The Morgan fingerprint density at radius 3 is 2.14 bits per heavy atom. The zero-order valence-electron chi connectivity index (χ0n) is 9.75. The molecule has 0 heterocycles. The zero-order chi connectivity index (χ0) is 10.6. The number of thioether (sulfide) groups is 1. The summed E-state index contributed by atoms with van der Waals surface area (Å²) in [5, 5.41) is 9.58. The predicted molar refractivity (Wildman–Crippen MR) is 64.7 cm³/mol. The Bertz CT molecular complexity index is 154. The van der Waals surface area contributed by atoms with E-state index in [1.807, 2.05) is 11.8 Å². The van der Waals surface area contributed by atoms with Crippen LogP contribution in [0.5, 0.6) is 0 Å². The van der Waals surface area contributed by atoms with Crippen molar-refractivity contribution in [1.29, 1.82) is 0 Å². The maximum absolute atomic E-state index is 8.76. The first-order valence-electron chi connectivity index (χ1n) is 5.76. The first-order valence-corrected chi connectivity index (χ1v) is 6.81. The minimum atomic E-state index is 0.337. The van der Waals surface area contributed by atoms with Crippen LogP contribution in [0.2, 0.25) is 0 Å². The highest BCUT2D eigenvalue weighted by Crippen LogP contribution is 2.40. The number of hydrogen-bond acceptors (Lipinski definition) is 2. The van der Waals surface area contributed by atoms with Crippen LogP contribution < -0.4 is 0 Å². The average molecular weight is 216 g/mol. The van der Waals surface area contributed by atoms with Crippen LogP contribution in [0.15, 0.2) is 0 Å². The van der Waals surface area contributed by atoms with Crippen LogP contribution in [0.4, 0.5) is 0 Å². The van der Waals surface area contributed by atoms with E-state index in [9.17, 15) is 0 Å². The van der Waals surface area contributed by atoms with Crippen LogP contribution in [0.25, 0.3) is 0 Å². The standard InChI is InChI=1S/C12H24OS/c1-12(2,3)10-4-6-11(7-5-10)14-9-8-13/h10-11,13H,4-9H2,1-3H3. The SMILES string of the molecule is CC(C)(C)C1CCC(SCCO)CC1. The van der Waals surface area contributed by atoms with Gasteiger partial charge >= 0.3 is 0 Å². The van der Waals surface area contributed by atoms with E-state index < -0.39 is 0 Å². The predicted octanol–water partition coefficient (Wildman–Crippen LogP) is 3.32. The molecule has 0 aliphatic heterocycles. The van der Waals surface area contributed by atoms with Gasteiger partial charge in [0.15, 0.2) is 0 Å². The number of hydrogen-bond donors (Lipinski definition) is 1. The normalized spacial score (nSPS) is 29.1. The minimum absolute atomic E-state index is 0.337. The fourth-order valence-electron chi connectivity index (χ4n) is 2.31. The largest absolute Gasteiger partial charge is 0.396 e. The summed E-state index contributed by atoms with van der Waals surface area (Å²) in [6.45, 7) is 7.42. The van der Waals surface area contributed by atoms with Crippen LogP contribution in [0.3, 0.4) is 0 Å². The monoisotopic (exact) mass is 216 g/mol. The molecule has 0 aromatic carbocycles. The van der Waals surface area contributed by atoms with Crippen molar-refractivity contribution in [3.8, 4) is 0 Å². The van der Waals surface area contributed by atoms with E-state index in [1.54, 1.807) is 0 Å². The highest BCUT2D eigenvalue weighted by molar-refractivity contribution is 7.99. The van der Waals surface area contributed by atoms with E-state index in [-0.39, 0.29) is 0 Å². The van der Waals surface area contributed by atoms with Gasteiger partial charge in [-0.3, -0.25) is 0 Å². The van der Waals surface area contributed by atoms with Gasteiger partial charge in [-0.1, -0.05) is 20.8 Å². The number of aliphatic hydroxyl groups excluding tert-OH is 1. The van der Waals surface area contributed by atoms with Crippen molar-refractivity contribution in [2.24, 2.45) is 11.3 Å². The Kier molecular flexibility index (Phi) is 4.78. The molecule has 0 aromatic rings. The molecule has 0 aromatic heterocycles. The molecule has 1 rings (SSSR count). The molecular formula is C12H24OS. The molecule has 0 amide bonds. The van der Waals surface area contributed by atoms with Crippen molar-refractivity contribution in [1.82, 2.24) is 0 Å². The lowest BCUT2D eigenvalue weighted by molar-refractivity contribution is 0.182. The number of aliphatic hydroxyl groups is 1. The Morgan fingerprint density at radius 2 is 1.71 bits per heavy atom. The molecule has 1 nitrogen and oxygen atoms in total. The molecule has 0 unspecified atom stereocenters. The smallest absolute Gasteiger partial charge is 0.0521 e. The summed E-state index contributed by atoms with van der Waals surface area (Å²) in [7, 11) is 0. The maximum Gasteiger partial charge on any atom is 0.0521 e. The van der Waals surface area contributed by atoms with Gasteiger partial charge < -0.3 is 5.11 Å². The summed E-state index contributed by atoms with van der Waals surface area (Å²) < 4.78 is 0. The molecule has 14 heavy (non-hydrogen) atoms. The van der Waals surface area contributed by atoms with E-state index in [2.05, 4.69) is 20.8 Å². The average Bonchev–Trinajstić information content (AvgIpc) is 2.14. The van der Waals surface area contributed by atoms with Crippen molar-refractivity contribution in [3.05, 3.63) is 0 Å². The Balaban J connectivity index is 2.24. The third kappa shape index (κ3) is 3.82. The van der Waals surface area contributed by atoms with E-state index in [0.717, 1.165) is 16.9 Å². The van der Waals surface area contributed by atoms with E-state index in [1.165, 1.54) is 25.7 Å². The van der Waals surface area contributed by atoms with Gasteiger partial charge in [0.25, 0.3) is 0 Å². The van der Waals surface area contributed by atoms with E-state index in [4.69, 9.17) is 5.11 Å². The van der Waals surface area contributed by atoms with Gasteiger partial charge in [-0.15, -0.1) is 0 Å². The van der Waals surface area contributed by atoms with Gasteiger partial charge in [-0.05, 0) is 37.0 Å². The molecule has 0 bridgehead atoms. The lowest BCUT2D eigenvalue weighted by Crippen LogP contribution is -2.26. The second-order valence-corrected chi connectivity index (χ2v) is 6.84. The summed E-state index contributed by atoms with van der Waals surface area (Å²) >= 11 is 1.96. The van der Waals surface area contributed by atoms with Gasteiger partial charge in [-0.2, -0.15) is 11.8 Å². The Hall–Kier alpha value is 0.310. The maximum atomic E-state index is 8.76. The molecule has 0 atom stereocenters. The van der Waals surface area contributed by atoms with Gasteiger partial charge in [0, 0.05) is 11.0 Å². The molecule has 1 N–H and O–H groups in total. The second-order valence-electron chi connectivity index (χ2n) is 5.43. The highest BCUT2D eigenvalue weighted by atomic mass is 32.2. The topological polar surface area (TPSA) is 20.2 Å². The van der Waals surface area contributed by atoms with Crippen molar-refractivity contribution in [2.75, 3.05) is 12.4 Å². The first kappa shape index (κ1) is 12.4.